The monoisotopic (exact) mass is 443 g/mol. The van der Waals surface area contributed by atoms with Crippen LogP contribution in [-0.2, 0) is 6.54 Å². The van der Waals surface area contributed by atoms with Crippen molar-refractivity contribution in [3.63, 3.8) is 0 Å². The Bertz CT molecular complexity index is 1090. The van der Waals surface area contributed by atoms with E-state index in [1.165, 1.54) is 0 Å². The van der Waals surface area contributed by atoms with Crippen LogP contribution in [-0.4, -0.2) is 17.1 Å². The third-order valence-electron chi connectivity index (χ3n) is 4.40. The topological polar surface area (TPSA) is 85.1 Å². The van der Waals surface area contributed by atoms with Crippen molar-refractivity contribution in [2.24, 2.45) is 5.73 Å². The van der Waals surface area contributed by atoms with Crippen molar-refractivity contribution in [1.82, 2.24) is 9.97 Å². The van der Waals surface area contributed by atoms with Gasteiger partial charge in [0.05, 0.1) is 12.6 Å². The highest BCUT2D eigenvalue weighted by atomic mass is 35.5. The second kappa shape index (κ2) is 10.6. The molecule has 0 aliphatic carbocycles. The van der Waals surface area contributed by atoms with Gasteiger partial charge in [-0.3, -0.25) is 0 Å². The molecule has 0 bridgehead atoms. The van der Waals surface area contributed by atoms with Crippen LogP contribution in [0.4, 0.5) is 23.1 Å². The van der Waals surface area contributed by atoms with Crippen LogP contribution in [0.25, 0.3) is 10.9 Å². The SMILES string of the molecule is COc1ccc(Nc2nc(Nc3ccc(CN)cc3)nc3ccccc23)cc1.Cl.Cl. The highest BCUT2D eigenvalue weighted by Crippen LogP contribution is 2.27. The Kier molecular flexibility index (Phi) is 8.24. The molecular formula is C22H23Cl2N5O. The number of nitrogens with two attached hydrogens (primary N) is 1. The summed E-state index contributed by atoms with van der Waals surface area (Å²) in [5.74, 6) is 2.06. The van der Waals surface area contributed by atoms with Gasteiger partial charge in [0.1, 0.15) is 11.6 Å². The molecule has 4 rings (SSSR count). The summed E-state index contributed by atoms with van der Waals surface area (Å²) < 4.78 is 5.22. The number of nitrogens with zero attached hydrogens (tertiary/aromatic N) is 2. The minimum absolute atomic E-state index is 0. The molecule has 8 heteroatoms. The van der Waals surface area contributed by atoms with Crippen LogP contribution < -0.4 is 21.1 Å². The summed E-state index contributed by atoms with van der Waals surface area (Å²) in [7, 11) is 1.65. The van der Waals surface area contributed by atoms with E-state index in [0.29, 0.717) is 12.5 Å². The fourth-order valence-corrected chi connectivity index (χ4v) is 2.89. The number of hydrogen-bond donors (Lipinski definition) is 3. The number of rotatable bonds is 6. The zero-order valence-electron chi connectivity index (χ0n) is 16.3. The van der Waals surface area contributed by atoms with Gasteiger partial charge >= 0.3 is 0 Å². The molecule has 0 amide bonds. The molecular weight excluding hydrogens is 421 g/mol. The summed E-state index contributed by atoms with van der Waals surface area (Å²) in [6.07, 6.45) is 0. The molecule has 0 aliphatic rings. The number of nitrogens with one attached hydrogen (secondary N) is 2. The molecule has 0 atom stereocenters. The van der Waals surface area contributed by atoms with Crippen molar-refractivity contribution in [3.8, 4) is 5.75 Å². The maximum absolute atomic E-state index is 5.66. The van der Waals surface area contributed by atoms with E-state index in [1.807, 2.05) is 72.8 Å². The van der Waals surface area contributed by atoms with Crippen molar-refractivity contribution in [1.29, 1.82) is 0 Å². The molecule has 6 nitrogen and oxygen atoms in total. The molecule has 1 aromatic heterocycles. The van der Waals surface area contributed by atoms with E-state index in [0.717, 1.165) is 39.4 Å². The number of benzene rings is 3. The van der Waals surface area contributed by atoms with Crippen molar-refractivity contribution in [3.05, 3.63) is 78.4 Å². The van der Waals surface area contributed by atoms with Gasteiger partial charge in [-0.05, 0) is 54.1 Å². The van der Waals surface area contributed by atoms with E-state index >= 15 is 0 Å². The van der Waals surface area contributed by atoms with E-state index in [-0.39, 0.29) is 24.8 Å². The first-order valence-corrected chi connectivity index (χ1v) is 8.99. The van der Waals surface area contributed by atoms with Crippen LogP contribution in [0.1, 0.15) is 5.56 Å². The number of hydrogen-bond acceptors (Lipinski definition) is 6. The quantitative estimate of drug-likeness (QED) is 0.368. The molecule has 0 radical (unpaired) electrons. The lowest BCUT2D eigenvalue weighted by atomic mass is 10.2. The Morgan fingerprint density at radius 1 is 0.800 bits per heavy atom. The summed E-state index contributed by atoms with van der Waals surface area (Å²) in [4.78, 5) is 9.32. The van der Waals surface area contributed by atoms with Crippen LogP contribution in [0.2, 0.25) is 0 Å². The van der Waals surface area contributed by atoms with E-state index in [2.05, 4.69) is 20.6 Å². The van der Waals surface area contributed by atoms with Gasteiger partial charge in [0.2, 0.25) is 5.95 Å². The summed E-state index contributed by atoms with van der Waals surface area (Å²) in [5.41, 5.74) is 9.42. The molecule has 0 unspecified atom stereocenters. The van der Waals surface area contributed by atoms with Crippen LogP contribution in [0, 0.1) is 0 Å². The molecule has 4 N–H and O–H groups in total. The minimum atomic E-state index is 0. The van der Waals surface area contributed by atoms with Gasteiger partial charge in [0.25, 0.3) is 0 Å². The number of ether oxygens (including phenoxy) is 1. The number of fused-ring (bicyclic) bond motifs is 1. The molecule has 0 saturated heterocycles. The second-order valence-electron chi connectivity index (χ2n) is 6.29. The second-order valence-corrected chi connectivity index (χ2v) is 6.29. The summed E-state index contributed by atoms with van der Waals surface area (Å²) >= 11 is 0. The van der Waals surface area contributed by atoms with Crippen LogP contribution in [0.3, 0.4) is 0 Å². The largest absolute Gasteiger partial charge is 0.497 e. The first kappa shape index (κ1) is 23.2. The lowest BCUT2D eigenvalue weighted by molar-refractivity contribution is 0.415. The summed E-state index contributed by atoms with van der Waals surface area (Å²) in [6, 6.07) is 23.5. The fourth-order valence-electron chi connectivity index (χ4n) is 2.89. The van der Waals surface area contributed by atoms with Crippen molar-refractivity contribution in [2.45, 2.75) is 6.54 Å². The van der Waals surface area contributed by atoms with Gasteiger partial charge < -0.3 is 21.1 Å². The maximum Gasteiger partial charge on any atom is 0.229 e. The molecule has 3 aromatic carbocycles. The summed E-state index contributed by atoms with van der Waals surface area (Å²) in [6.45, 7) is 0.517. The number of halogens is 2. The first-order chi connectivity index (χ1) is 13.7. The normalized spacial score (nSPS) is 9.93. The predicted molar refractivity (Wildman–Crippen MR) is 128 cm³/mol. The average Bonchev–Trinajstić information content (AvgIpc) is 2.75. The van der Waals surface area contributed by atoms with Crippen molar-refractivity contribution in [2.75, 3.05) is 17.7 Å². The molecule has 0 spiro atoms. The Balaban J connectivity index is 0.00000160. The van der Waals surface area contributed by atoms with Crippen molar-refractivity contribution < 1.29 is 4.74 Å². The lowest BCUT2D eigenvalue weighted by Gasteiger charge is -2.12. The fraction of sp³-hybridized carbons (Fsp3) is 0.0909. The third kappa shape index (κ3) is 5.30. The zero-order valence-corrected chi connectivity index (χ0v) is 18.0. The van der Waals surface area contributed by atoms with Crippen LogP contribution in [0.15, 0.2) is 72.8 Å². The molecule has 156 valence electrons. The van der Waals surface area contributed by atoms with Gasteiger partial charge in [-0.1, -0.05) is 24.3 Å². The minimum Gasteiger partial charge on any atom is -0.497 e. The molecule has 30 heavy (non-hydrogen) atoms. The van der Waals surface area contributed by atoms with Gasteiger partial charge in [0, 0.05) is 23.3 Å². The molecule has 0 fully saturated rings. The standard InChI is InChI=1S/C22H21N5O.2ClH/c1-28-18-12-10-16(11-13-18)24-21-19-4-2-3-5-20(19)26-22(27-21)25-17-8-6-15(14-23)7-9-17;;/h2-13H,14,23H2,1H3,(H2,24,25,26,27);2*1H. The zero-order chi connectivity index (χ0) is 19.3. The third-order valence-corrected chi connectivity index (χ3v) is 4.40. The molecule has 1 heterocycles. The Morgan fingerprint density at radius 3 is 2.10 bits per heavy atom. The maximum atomic E-state index is 5.66. The van der Waals surface area contributed by atoms with Gasteiger partial charge in [-0.25, -0.2) is 4.98 Å². The Labute approximate surface area is 187 Å². The molecule has 0 saturated carbocycles. The Hall–Kier alpha value is -3.06. The highest BCUT2D eigenvalue weighted by molar-refractivity contribution is 5.92. The average molecular weight is 444 g/mol. The summed E-state index contributed by atoms with van der Waals surface area (Å²) in [5, 5.41) is 7.59. The van der Waals surface area contributed by atoms with Crippen LogP contribution in [0.5, 0.6) is 5.75 Å². The van der Waals surface area contributed by atoms with Gasteiger partial charge in [0.15, 0.2) is 0 Å². The van der Waals surface area contributed by atoms with Crippen molar-refractivity contribution >= 4 is 58.9 Å². The number of para-hydroxylation sites is 1. The van der Waals surface area contributed by atoms with Gasteiger partial charge in [-0.2, -0.15) is 4.98 Å². The first-order valence-electron chi connectivity index (χ1n) is 8.99. The van der Waals surface area contributed by atoms with E-state index in [4.69, 9.17) is 10.5 Å². The lowest BCUT2D eigenvalue weighted by Crippen LogP contribution is -2.02. The molecule has 0 aliphatic heterocycles. The van der Waals surface area contributed by atoms with E-state index < -0.39 is 0 Å². The smallest absolute Gasteiger partial charge is 0.229 e. The van der Waals surface area contributed by atoms with Gasteiger partial charge in [-0.15, -0.1) is 24.8 Å². The van der Waals surface area contributed by atoms with Crippen LogP contribution >= 0.6 is 24.8 Å². The highest BCUT2D eigenvalue weighted by Gasteiger charge is 2.08. The molecule has 4 aromatic rings. The van der Waals surface area contributed by atoms with E-state index in [9.17, 15) is 0 Å². The predicted octanol–water partition coefficient (Wildman–Crippen LogP) is 5.43. The number of methoxy groups -OCH3 is 1. The number of anilines is 4. The Morgan fingerprint density at radius 2 is 1.43 bits per heavy atom. The number of aromatic nitrogens is 2. The van der Waals surface area contributed by atoms with E-state index in [1.54, 1.807) is 7.11 Å².